The van der Waals surface area contributed by atoms with E-state index in [0.29, 0.717) is 25.3 Å². The highest BCUT2D eigenvalue weighted by Crippen LogP contribution is 2.35. The summed E-state index contributed by atoms with van der Waals surface area (Å²) in [6.45, 7) is 1.10. The van der Waals surface area contributed by atoms with Crippen LogP contribution in [0.3, 0.4) is 0 Å². The summed E-state index contributed by atoms with van der Waals surface area (Å²) in [6.07, 6.45) is 0.717. The van der Waals surface area contributed by atoms with Gasteiger partial charge in [0.25, 0.3) is 11.8 Å². The van der Waals surface area contributed by atoms with Crippen LogP contribution in [0.4, 0.5) is 15.8 Å². The largest absolute Gasteiger partial charge is 0.385 e. The standard InChI is InChI=1S/C18H17FN2O3/c1-24-11-5-10-20-15-9-4-8-14(19)16(15)21-17(22)12-6-2-3-7-13(12)18(21)23/h2-4,6-9,20H,5,10-11H2,1H3. The number of rotatable bonds is 6. The van der Waals surface area contributed by atoms with Gasteiger partial charge in [0.2, 0.25) is 0 Å². The summed E-state index contributed by atoms with van der Waals surface area (Å²) >= 11 is 0. The maximum absolute atomic E-state index is 14.4. The van der Waals surface area contributed by atoms with E-state index in [1.165, 1.54) is 12.1 Å². The second-order valence-corrected chi connectivity index (χ2v) is 5.40. The Bertz CT molecular complexity index is 757. The molecule has 0 atom stereocenters. The number of carbonyl (C=O) groups excluding carboxylic acids is 2. The molecule has 0 spiro atoms. The molecule has 2 aromatic carbocycles. The average molecular weight is 328 g/mol. The summed E-state index contributed by atoms with van der Waals surface area (Å²) in [6, 6.07) is 10.9. The maximum Gasteiger partial charge on any atom is 0.266 e. The number of benzene rings is 2. The fourth-order valence-corrected chi connectivity index (χ4v) is 2.72. The van der Waals surface area contributed by atoms with E-state index in [1.54, 1.807) is 37.4 Å². The topological polar surface area (TPSA) is 58.6 Å². The lowest BCUT2D eigenvalue weighted by Crippen LogP contribution is -2.31. The minimum atomic E-state index is -0.624. The molecule has 6 heteroatoms. The predicted molar refractivity (Wildman–Crippen MR) is 89.0 cm³/mol. The van der Waals surface area contributed by atoms with E-state index in [9.17, 15) is 14.0 Å². The maximum atomic E-state index is 14.4. The molecule has 0 unspecified atom stereocenters. The Balaban J connectivity index is 1.95. The van der Waals surface area contributed by atoms with Gasteiger partial charge in [0.1, 0.15) is 11.5 Å². The minimum absolute atomic E-state index is 0.0406. The molecule has 1 heterocycles. The molecule has 0 fully saturated rings. The van der Waals surface area contributed by atoms with Crippen molar-refractivity contribution in [2.24, 2.45) is 0 Å². The molecule has 1 aliphatic heterocycles. The lowest BCUT2D eigenvalue weighted by molar-refractivity contribution is 0.0925. The van der Waals surface area contributed by atoms with Crippen LogP contribution in [0.25, 0.3) is 0 Å². The third-order valence-corrected chi connectivity index (χ3v) is 3.85. The fourth-order valence-electron chi connectivity index (χ4n) is 2.72. The Morgan fingerprint density at radius 3 is 2.33 bits per heavy atom. The average Bonchev–Trinajstić information content (AvgIpc) is 2.84. The summed E-state index contributed by atoms with van der Waals surface area (Å²) < 4.78 is 19.4. The zero-order valence-electron chi connectivity index (χ0n) is 13.2. The number of para-hydroxylation sites is 1. The van der Waals surface area contributed by atoms with E-state index in [-0.39, 0.29) is 16.8 Å². The van der Waals surface area contributed by atoms with Gasteiger partial charge < -0.3 is 10.1 Å². The first-order valence-corrected chi connectivity index (χ1v) is 7.64. The fraction of sp³-hybridized carbons (Fsp3) is 0.222. The zero-order chi connectivity index (χ0) is 17.1. The number of hydrogen-bond acceptors (Lipinski definition) is 4. The molecule has 2 aromatic rings. The number of nitrogens with one attached hydrogen (secondary N) is 1. The second kappa shape index (κ2) is 6.80. The van der Waals surface area contributed by atoms with Crippen LogP contribution < -0.4 is 10.2 Å². The van der Waals surface area contributed by atoms with Crippen LogP contribution in [-0.4, -0.2) is 32.1 Å². The van der Waals surface area contributed by atoms with Crippen LogP contribution in [0.2, 0.25) is 0 Å². The van der Waals surface area contributed by atoms with E-state index in [0.717, 1.165) is 4.90 Å². The Morgan fingerprint density at radius 2 is 1.71 bits per heavy atom. The molecular weight excluding hydrogens is 311 g/mol. The van der Waals surface area contributed by atoms with Gasteiger partial charge in [-0.25, -0.2) is 9.29 Å². The van der Waals surface area contributed by atoms with Gasteiger partial charge in [0.05, 0.1) is 16.8 Å². The molecule has 1 aliphatic rings. The van der Waals surface area contributed by atoms with Crippen molar-refractivity contribution in [2.75, 3.05) is 30.5 Å². The molecule has 124 valence electrons. The van der Waals surface area contributed by atoms with Gasteiger partial charge in [-0.3, -0.25) is 9.59 Å². The van der Waals surface area contributed by atoms with Gasteiger partial charge in [-0.15, -0.1) is 0 Å². The molecule has 1 N–H and O–H groups in total. The highest BCUT2D eigenvalue weighted by atomic mass is 19.1. The van der Waals surface area contributed by atoms with Crippen molar-refractivity contribution in [1.82, 2.24) is 0 Å². The quantitative estimate of drug-likeness (QED) is 0.654. The number of ether oxygens (including phenoxy) is 1. The van der Waals surface area contributed by atoms with Crippen LogP contribution in [-0.2, 0) is 4.74 Å². The lowest BCUT2D eigenvalue weighted by atomic mass is 10.1. The van der Waals surface area contributed by atoms with E-state index in [2.05, 4.69) is 5.32 Å². The van der Waals surface area contributed by atoms with Crippen LogP contribution in [0, 0.1) is 5.82 Å². The molecule has 3 rings (SSSR count). The van der Waals surface area contributed by atoms with E-state index < -0.39 is 17.6 Å². The summed E-state index contributed by atoms with van der Waals surface area (Å²) in [5.74, 6) is -1.65. The van der Waals surface area contributed by atoms with Crippen LogP contribution >= 0.6 is 0 Å². The number of hydrogen-bond donors (Lipinski definition) is 1. The third-order valence-electron chi connectivity index (χ3n) is 3.85. The number of methoxy groups -OCH3 is 1. The van der Waals surface area contributed by atoms with Gasteiger partial charge in [-0.1, -0.05) is 18.2 Å². The van der Waals surface area contributed by atoms with E-state index >= 15 is 0 Å². The highest BCUT2D eigenvalue weighted by Gasteiger charge is 2.38. The first kappa shape index (κ1) is 16.1. The number of carbonyl (C=O) groups is 2. The Labute approximate surface area is 139 Å². The Kier molecular flexibility index (Phi) is 4.57. The van der Waals surface area contributed by atoms with E-state index in [1.807, 2.05) is 0 Å². The second-order valence-electron chi connectivity index (χ2n) is 5.40. The lowest BCUT2D eigenvalue weighted by Gasteiger charge is -2.19. The number of halogens is 1. The molecule has 2 amide bonds. The summed E-state index contributed by atoms with van der Waals surface area (Å²) in [7, 11) is 1.60. The molecular formula is C18H17FN2O3. The van der Waals surface area contributed by atoms with Crippen LogP contribution in [0.1, 0.15) is 27.1 Å². The van der Waals surface area contributed by atoms with Crippen molar-refractivity contribution in [3.05, 3.63) is 59.4 Å². The monoisotopic (exact) mass is 328 g/mol. The molecule has 0 bridgehead atoms. The van der Waals surface area contributed by atoms with Gasteiger partial charge in [-0.05, 0) is 30.7 Å². The first-order valence-electron chi connectivity index (χ1n) is 7.64. The molecule has 24 heavy (non-hydrogen) atoms. The SMILES string of the molecule is COCCCNc1cccc(F)c1N1C(=O)c2ccccc2C1=O. The summed E-state index contributed by atoms with van der Waals surface area (Å²) in [5, 5.41) is 3.07. The van der Waals surface area contributed by atoms with Crippen molar-refractivity contribution < 1.29 is 18.7 Å². The van der Waals surface area contributed by atoms with Gasteiger partial charge in [-0.2, -0.15) is 0 Å². The molecule has 0 radical (unpaired) electrons. The number of imide groups is 1. The third kappa shape index (κ3) is 2.76. The van der Waals surface area contributed by atoms with Crippen molar-refractivity contribution in [3.63, 3.8) is 0 Å². The van der Waals surface area contributed by atoms with Gasteiger partial charge in [0, 0.05) is 20.3 Å². The first-order chi connectivity index (χ1) is 11.6. The van der Waals surface area contributed by atoms with Crippen LogP contribution in [0.5, 0.6) is 0 Å². The normalized spacial score (nSPS) is 13.3. The molecule has 0 saturated heterocycles. The molecule has 0 aliphatic carbocycles. The number of fused-ring (bicyclic) bond motifs is 1. The minimum Gasteiger partial charge on any atom is -0.385 e. The van der Waals surface area contributed by atoms with Crippen molar-refractivity contribution in [2.45, 2.75) is 6.42 Å². The smallest absolute Gasteiger partial charge is 0.266 e. The van der Waals surface area contributed by atoms with Gasteiger partial charge in [0.15, 0.2) is 0 Å². The zero-order valence-corrected chi connectivity index (χ0v) is 13.2. The highest BCUT2D eigenvalue weighted by molar-refractivity contribution is 6.35. The number of amides is 2. The molecule has 0 saturated carbocycles. The Morgan fingerprint density at radius 1 is 1.04 bits per heavy atom. The Hall–Kier alpha value is -2.73. The van der Waals surface area contributed by atoms with Crippen LogP contribution in [0.15, 0.2) is 42.5 Å². The number of anilines is 2. The van der Waals surface area contributed by atoms with Crippen molar-refractivity contribution in [1.29, 1.82) is 0 Å². The van der Waals surface area contributed by atoms with Gasteiger partial charge >= 0.3 is 0 Å². The molecule has 0 aromatic heterocycles. The summed E-state index contributed by atoms with van der Waals surface area (Å²) in [4.78, 5) is 26.1. The summed E-state index contributed by atoms with van der Waals surface area (Å²) in [5.41, 5.74) is 0.939. The van der Waals surface area contributed by atoms with Crippen molar-refractivity contribution >= 4 is 23.2 Å². The molecule has 5 nitrogen and oxygen atoms in total. The number of nitrogens with zero attached hydrogens (tertiary/aromatic N) is 1. The predicted octanol–water partition coefficient (Wildman–Crippen LogP) is 3.07. The van der Waals surface area contributed by atoms with Crippen molar-refractivity contribution in [3.8, 4) is 0 Å². The van der Waals surface area contributed by atoms with E-state index in [4.69, 9.17) is 4.74 Å².